The summed E-state index contributed by atoms with van der Waals surface area (Å²) in [5.74, 6) is 0.669. The van der Waals surface area contributed by atoms with Gasteiger partial charge in [0.25, 0.3) is 0 Å². The minimum atomic E-state index is -0.283. The number of benzene rings is 1. The SMILES string of the molecule is CCCC1CCN(c2cccc(NC)c2[N+](=O)[O-])C1. The van der Waals surface area contributed by atoms with Crippen molar-refractivity contribution in [2.24, 2.45) is 5.92 Å². The van der Waals surface area contributed by atoms with Gasteiger partial charge in [-0.1, -0.05) is 19.4 Å². The molecule has 1 saturated heterocycles. The number of hydrogen-bond donors (Lipinski definition) is 1. The van der Waals surface area contributed by atoms with Crippen molar-refractivity contribution >= 4 is 17.1 Å². The highest BCUT2D eigenvalue weighted by Gasteiger charge is 2.28. The summed E-state index contributed by atoms with van der Waals surface area (Å²) in [7, 11) is 1.72. The average Bonchev–Trinajstić information content (AvgIpc) is 2.86. The molecule has 2 rings (SSSR count). The predicted molar refractivity (Wildman–Crippen MR) is 77.9 cm³/mol. The minimum absolute atomic E-state index is 0.196. The van der Waals surface area contributed by atoms with Gasteiger partial charge in [0.1, 0.15) is 11.4 Å². The molecule has 1 aliphatic heterocycles. The molecule has 1 N–H and O–H groups in total. The van der Waals surface area contributed by atoms with Crippen LogP contribution < -0.4 is 10.2 Å². The monoisotopic (exact) mass is 263 g/mol. The second-order valence-corrected chi connectivity index (χ2v) is 5.07. The lowest BCUT2D eigenvalue weighted by atomic mass is 10.0. The van der Waals surface area contributed by atoms with Gasteiger partial charge in [0.05, 0.1) is 4.92 Å². The van der Waals surface area contributed by atoms with E-state index in [9.17, 15) is 10.1 Å². The smallest absolute Gasteiger partial charge is 0.315 e. The Kier molecular flexibility index (Phi) is 4.24. The highest BCUT2D eigenvalue weighted by Crippen LogP contribution is 2.38. The molecule has 0 bridgehead atoms. The van der Waals surface area contributed by atoms with Crippen LogP contribution >= 0.6 is 0 Å². The molecule has 0 aliphatic carbocycles. The average molecular weight is 263 g/mol. The molecule has 19 heavy (non-hydrogen) atoms. The Hall–Kier alpha value is -1.78. The molecule has 1 aliphatic rings. The van der Waals surface area contributed by atoms with E-state index in [1.807, 2.05) is 12.1 Å². The van der Waals surface area contributed by atoms with Crippen LogP contribution in [0.5, 0.6) is 0 Å². The van der Waals surface area contributed by atoms with Crippen molar-refractivity contribution in [1.82, 2.24) is 0 Å². The Morgan fingerprint density at radius 1 is 1.53 bits per heavy atom. The molecule has 1 heterocycles. The summed E-state index contributed by atoms with van der Waals surface area (Å²) in [4.78, 5) is 13.2. The van der Waals surface area contributed by atoms with Gasteiger partial charge in [-0.2, -0.15) is 0 Å². The lowest BCUT2D eigenvalue weighted by molar-refractivity contribution is -0.383. The molecule has 104 valence electrons. The van der Waals surface area contributed by atoms with Crippen molar-refractivity contribution in [2.75, 3.05) is 30.4 Å². The van der Waals surface area contributed by atoms with Crippen molar-refractivity contribution in [1.29, 1.82) is 0 Å². The Labute approximate surface area is 113 Å². The van der Waals surface area contributed by atoms with E-state index < -0.39 is 0 Å². The van der Waals surface area contributed by atoms with E-state index in [2.05, 4.69) is 17.1 Å². The Bertz CT molecular complexity index is 462. The first-order chi connectivity index (χ1) is 9.17. The highest BCUT2D eigenvalue weighted by atomic mass is 16.6. The van der Waals surface area contributed by atoms with Gasteiger partial charge in [0.2, 0.25) is 0 Å². The maximum absolute atomic E-state index is 11.3. The van der Waals surface area contributed by atoms with Crippen molar-refractivity contribution in [2.45, 2.75) is 26.2 Å². The fourth-order valence-electron chi connectivity index (χ4n) is 2.88. The van der Waals surface area contributed by atoms with Crippen LogP contribution in [0.15, 0.2) is 18.2 Å². The molecular weight excluding hydrogens is 242 g/mol. The van der Waals surface area contributed by atoms with Crippen molar-refractivity contribution in [3.8, 4) is 0 Å². The van der Waals surface area contributed by atoms with E-state index in [4.69, 9.17) is 0 Å². The van der Waals surface area contributed by atoms with Gasteiger partial charge in [-0.15, -0.1) is 0 Å². The highest BCUT2D eigenvalue weighted by molar-refractivity contribution is 5.77. The molecular formula is C14H21N3O2. The molecule has 0 amide bonds. The number of para-hydroxylation sites is 1. The summed E-state index contributed by atoms with van der Waals surface area (Å²) in [5.41, 5.74) is 1.53. The predicted octanol–water partition coefficient (Wildman–Crippen LogP) is 3.26. The largest absolute Gasteiger partial charge is 0.382 e. The van der Waals surface area contributed by atoms with Crippen molar-refractivity contribution in [3.63, 3.8) is 0 Å². The molecule has 1 aromatic carbocycles. The van der Waals surface area contributed by atoms with E-state index in [-0.39, 0.29) is 10.6 Å². The van der Waals surface area contributed by atoms with Gasteiger partial charge in [0.15, 0.2) is 0 Å². The first-order valence-corrected chi connectivity index (χ1v) is 6.87. The fraction of sp³-hybridized carbons (Fsp3) is 0.571. The molecule has 1 fully saturated rings. The van der Waals surface area contributed by atoms with Gasteiger partial charge in [-0.05, 0) is 30.9 Å². The van der Waals surface area contributed by atoms with Crippen LogP contribution in [0.1, 0.15) is 26.2 Å². The lowest BCUT2D eigenvalue weighted by Crippen LogP contribution is -2.21. The maximum atomic E-state index is 11.3. The third kappa shape index (κ3) is 2.80. The van der Waals surface area contributed by atoms with E-state index in [1.54, 1.807) is 13.1 Å². The van der Waals surface area contributed by atoms with Gasteiger partial charge < -0.3 is 10.2 Å². The van der Waals surface area contributed by atoms with E-state index in [0.717, 1.165) is 25.2 Å². The number of nitrogens with one attached hydrogen (secondary N) is 1. The van der Waals surface area contributed by atoms with Crippen LogP contribution in [0.3, 0.4) is 0 Å². The zero-order valence-electron chi connectivity index (χ0n) is 11.6. The second-order valence-electron chi connectivity index (χ2n) is 5.07. The Morgan fingerprint density at radius 2 is 2.32 bits per heavy atom. The minimum Gasteiger partial charge on any atom is -0.382 e. The summed E-state index contributed by atoms with van der Waals surface area (Å²) in [6.45, 7) is 4.03. The third-order valence-corrected chi connectivity index (χ3v) is 3.79. The zero-order valence-corrected chi connectivity index (χ0v) is 11.6. The first kappa shape index (κ1) is 13.6. The lowest BCUT2D eigenvalue weighted by Gasteiger charge is -2.19. The van der Waals surface area contributed by atoms with Crippen LogP contribution in [-0.2, 0) is 0 Å². The molecule has 5 nitrogen and oxygen atoms in total. The van der Waals surface area contributed by atoms with Crippen LogP contribution in [0, 0.1) is 16.0 Å². The standard InChI is InChI=1S/C14H21N3O2/c1-3-5-11-8-9-16(10-11)13-7-4-6-12(15-2)14(13)17(18)19/h4,6-7,11,15H,3,5,8-10H2,1-2H3. The molecule has 0 radical (unpaired) electrons. The Balaban J connectivity index is 2.28. The summed E-state index contributed by atoms with van der Waals surface area (Å²) in [6.07, 6.45) is 3.52. The first-order valence-electron chi connectivity index (χ1n) is 6.87. The summed E-state index contributed by atoms with van der Waals surface area (Å²) in [6, 6.07) is 5.48. The van der Waals surface area contributed by atoms with E-state index in [1.165, 1.54) is 12.8 Å². The molecule has 1 atom stereocenters. The molecule has 0 aromatic heterocycles. The van der Waals surface area contributed by atoms with Crippen LogP contribution in [0.2, 0.25) is 0 Å². The number of anilines is 2. The quantitative estimate of drug-likeness (QED) is 0.654. The summed E-state index contributed by atoms with van der Waals surface area (Å²) < 4.78 is 0. The van der Waals surface area contributed by atoms with Gasteiger partial charge >= 0.3 is 5.69 Å². The molecule has 5 heteroatoms. The van der Waals surface area contributed by atoms with Crippen LogP contribution in [-0.4, -0.2) is 25.1 Å². The van der Waals surface area contributed by atoms with Gasteiger partial charge in [-0.3, -0.25) is 10.1 Å². The second kappa shape index (κ2) is 5.91. The number of nitro benzene ring substituents is 1. The van der Waals surface area contributed by atoms with Crippen LogP contribution in [0.25, 0.3) is 0 Å². The van der Waals surface area contributed by atoms with E-state index in [0.29, 0.717) is 11.6 Å². The Morgan fingerprint density at radius 3 is 2.95 bits per heavy atom. The normalized spacial score (nSPS) is 18.6. The van der Waals surface area contributed by atoms with Gasteiger partial charge in [-0.25, -0.2) is 0 Å². The summed E-state index contributed by atoms with van der Waals surface area (Å²) >= 11 is 0. The van der Waals surface area contributed by atoms with Gasteiger partial charge in [0, 0.05) is 20.1 Å². The topological polar surface area (TPSA) is 58.4 Å². The molecule has 0 saturated carbocycles. The number of rotatable bonds is 5. The van der Waals surface area contributed by atoms with Crippen LogP contribution in [0.4, 0.5) is 17.1 Å². The maximum Gasteiger partial charge on any atom is 0.315 e. The molecule has 1 aromatic rings. The fourth-order valence-corrected chi connectivity index (χ4v) is 2.88. The third-order valence-electron chi connectivity index (χ3n) is 3.79. The number of hydrogen-bond acceptors (Lipinski definition) is 4. The van der Waals surface area contributed by atoms with Crippen molar-refractivity contribution in [3.05, 3.63) is 28.3 Å². The zero-order chi connectivity index (χ0) is 13.8. The van der Waals surface area contributed by atoms with Crippen molar-refractivity contribution < 1.29 is 4.92 Å². The van der Waals surface area contributed by atoms with E-state index >= 15 is 0 Å². The number of nitrogens with zero attached hydrogens (tertiary/aromatic N) is 2. The molecule has 1 unspecified atom stereocenters. The number of nitro groups is 1. The molecule has 0 spiro atoms. The summed E-state index contributed by atoms with van der Waals surface area (Å²) in [5, 5.41) is 14.2.